The van der Waals surface area contributed by atoms with Gasteiger partial charge in [0.1, 0.15) is 0 Å². The predicted molar refractivity (Wildman–Crippen MR) is 49.7 cm³/mol. The molecule has 2 atom stereocenters. The minimum atomic E-state index is -0.751. The van der Waals surface area contributed by atoms with Gasteiger partial charge in [0.25, 0.3) is 0 Å². The molecule has 2 N–H and O–H groups in total. The van der Waals surface area contributed by atoms with E-state index >= 15 is 0 Å². The summed E-state index contributed by atoms with van der Waals surface area (Å²) in [6.07, 6.45) is 1.82. The van der Waals surface area contributed by atoms with Gasteiger partial charge in [0, 0.05) is 6.42 Å². The zero-order chi connectivity index (χ0) is 10.2. The Morgan fingerprint density at radius 1 is 1.36 bits per heavy atom. The van der Waals surface area contributed by atoms with Crippen molar-refractivity contribution in [3.8, 4) is 0 Å². The third kappa shape index (κ3) is 1.21. The van der Waals surface area contributed by atoms with Crippen molar-refractivity contribution in [2.75, 3.05) is 19.8 Å². The Kier molecular flexibility index (Phi) is 2.55. The first kappa shape index (κ1) is 10.4. The van der Waals surface area contributed by atoms with Crippen LogP contribution in [0.15, 0.2) is 0 Å². The molecule has 4 nitrogen and oxygen atoms in total. The van der Waals surface area contributed by atoms with Crippen LogP contribution in [0.4, 0.5) is 0 Å². The van der Waals surface area contributed by atoms with E-state index in [-0.39, 0.29) is 6.61 Å². The summed E-state index contributed by atoms with van der Waals surface area (Å²) in [5, 5.41) is 19.4. The first-order valence-electron chi connectivity index (χ1n) is 5.21. The maximum Gasteiger partial charge on any atom is 0.178 e. The molecule has 1 spiro atoms. The highest BCUT2D eigenvalue weighted by Gasteiger charge is 2.58. The maximum atomic E-state index is 9.93. The zero-order valence-electron chi connectivity index (χ0n) is 8.53. The Bertz CT molecular complexity index is 212. The Balaban J connectivity index is 2.28. The van der Waals surface area contributed by atoms with Crippen LogP contribution in [0.5, 0.6) is 0 Å². The largest absolute Gasteiger partial charge is 0.395 e. The Morgan fingerprint density at radius 2 is 2.00 bits per heavy atom. The van der Waals surface area contributed by atoms with E-state index in [1.807, 2.05) is 6.92 Å². The van der Waals surface area contributed by atoms with Crippen LogP contribution in [-0.2, 0) is 9.47 Å². The summed E-state index contributed by atoms with van der Waals surface area (Å²) in [5.41, 5.74) is -0.679. The molecule has 0 aromatic carbocycles. The lowest BCUT2D eigenvalue weighted by Gasteiger charge is -2.49. The summed E-state index contributed by atoms with van der Waals surface area (Å²) in [4.78, 5) is 0. The quantitative estimate of drug-likeness (QED) is 0.641. The van der Waals surface area contributed by atoms with Gasteiger partial charge < -0.3 is 19.7 Å². The van der Waals surface area contributed by atoms with E-state index in [1.54, 1.807) is 0 Å². The lowest BCUT2D eigenvalue weighted by molar-refractivity contribution is -0.287. The highest BCUT2D eigenvalue weighted by Crippen LogP contribution is 2.48. The Hall–Kier alpha value is -0.160. The van der Waals surface area contributed by atoms with Crippen molar-refractivity contribution in [3.63, 3.8) is 0 Å². The molecule has 82 valence electrons. The summed E-state index contributed by atoms with van der Waals surface area (Å²) < 4.78 is 11.2. The highest BCUT2D eigenvalue weighted by molar-refractivity contribution is 5.00. The van der Waals surface area contributed by atoms with E-state index in [2.05, 4.69) is 0 Å². The van der Waals surface area contributed by atoms with Gasteiger partial charge in [0.2, 0.25) is 0 Å². The molecule has 2 rings (SSSR count). The number of hydrogen-bond acceptors (Lipinski definition) is 4. The van der Waals surface area contributed by atoms with Gasteiger partial charge in [0.15, 0.2) is 5.79 Å². The zero-order valence-corrected chi connectivity index (χ0v) is 8.53. The third-order valence-corrected chi connectivity index (χ3v) is 3.67. The molecule has 4 heteroatoms. The number of aliphatic hydroxyl groups is 2. The second kappa shape index (κ2) is 3.45. The molecule has 2 fully saturated rings. The average Bonchev–Trinajstić information content (AvgIpc) is 2.64. The number of aliphatic hydroxyl groups excluding tert-OH is 2. The minimum absolute atomic E-state index is 0.103. The molecule has 1 aliphatic heterocycles. The van der Waals surface area contributed by atoms with Crippen LogP contribution in [-0.4, -0.2) is 41.9 Å². The molecular weight excluding hydrogens is 184 g/mol. The van der Waals surface area contributed by atoms with Gasteiger partial charge >= 0.3 is 0 Å². The fourth-order valence-corrected chi connectivity index (χ4v) is 2.54. The Morgan fingerprint density at radius 3 is 2.57 bits per heavy atom. The van der Waals surface area contributed by atoms with Gasteiger partial charge in [-0.2, -0.15) is 0 Å². The van der Waals surface area contributed by atoms with Crippen molar-refractivity contribution in [3.05, 3.63) is 0 Å². The van der Waals surface area contributed by atoms with Crippen LogP contribution in [0.2, 0.25) is 0 Å². The third-order valence-electron chi connectivity index (χ3n) is 3.67. The molecule has 14 heavy (non-hydrogen) atoms. The summed E-state index contributed by atoms with van der Waals surface area (Å²) in [6.45, 7) is 2.85. The SMILES string of the molecule is C[C@]1(CO)[C@@H](O)CCCC12OCCO2. The summed E-state index contributed by atoms with van der Waals surface area (Å²) in [7, 11) is 0. The molecule has 1 saturated heterocycles. The topological polar surface area (TPSA) is 58.9 Å². The number of ether oxygens (including phenoxy) is 2. The van der Waals surface area contributed by atoms with E-state index in [4.69, 9.17) is 9.47 Å². The van der Waals surface area contributed by atoms with Gasteiger partial charge in [-0.15, -0.1) is 0 Å². The smallest absolute Gasteiger partial charge is 0.178 e. The molecular formula is C10H18O4. The molecule has 0 radical (unpaired) electrons. The summed E-state index contributed by atoms with van der Waals surface area (Å²) in [5.74, 6) is -0.751. The van der Waals surface area contributed by atoms with Crippen molar-refractivity contribution >= 4 is 0 Å². The fourth-order valence-electron chi connectivity index (χ4n) is 2.54. The van der Waals surface area contributed by atoms with E-state index in [0.717, 1.165) is 12.8 Å². The Labute approximate surface area is 83.8 Å². The average molecular weight is 202 g/mol. The highest BCUT2D eigenvalue weighted by atomic mass is 16.7. The van der Waals surface area contributed by atoms with Gasteiger partial charge in [-0.25, -0.2) is 0 Å². The molecule has 1 saturated carbocycles. The summed E-state index contributed by atoms with van der Waals surface area (Å²) >= 11 is 0. The van der Waals surface area contributed by atoms with E-state index in [9.17, 15) is 10.2 Å². The molecule has 0 aromatic heterocycles. The maximum absolute atomic E-state index is 9.93. The minimum Gasteiger partial charge on any atom is -0.395 e. The van der Waals surface area contributed by atoms with Crippen molar-refractivity contribution in [2.24, 2.45) is 5.41 Å². The van der Waals surface area contributed by atoms with Crippen LogP contribution in [0.25, 0.3) is 0 Å². The molecule has 2 aliphatic rings. The normalized spacial score (nSPS) is 41.8. The van der Waals surface area contributed by atoms with E-state index in [1.165, 1.54) is 0 Å². The first-order chi connectivity index (χ1) is 6.65. The standard InChI is InChI=1S/C10H18O4/c1-9(7-11)8(12)3-2-4-10(9)13-5-6-14-10/h8,11-12H,2-7H2,1H3/t8-,9-/m0/s1. The van der Waals surface area contributed by atoms with Crippen molar-refractivity contribution in [2.45, 2.75) is 38.1 Å². The molecule has 0 bridgehead atoms. The van der Waals surface area contributed by atoms with Crippen LogP contribution in [0, 0.1) is 5.41 Å². The van der Waals surface area contributed by atoms with Gasteiger partial charge in [-0.05, 0) is 19.8 Å². The lowest BCUT2D eigenvalue weighted by atomic mass is 9.69. The lowest BCUT2D eigenvalue weighted by Crippen LogP contribution is -2.58. The molecule has 0 amide bonds. The van der Waals surface area contributed by atoms with Gasteiger partial charge in [-0.3, -0.25) is 0 Å². The second-order valence-corrected chi connectivity index (χ2v) is 4.43. The van der Waals surface area contributed by atoms with E-state index in [0.29, 0.717) is 19.6 Å². The summed E-state index contributed by atoms with van der Waals surface area (Å²) in [6, 6.07) is 0. The number of hydrogen-bond donors (Lipinski definition) is 2. The molecule has 1 aliphatic carbocycles. The van der Waals surface area contributed by atoms with Crippen molar-refractivity contribution in [1.29, 1.82) is 0 Å². The van der Waals surface area contributed by atoms with Crippen molar-refractivity contribution in [1.82, 2.24) is 0 Å². The van der Waals surface area contributed by atoms with Crippen LogP contribution in [0.3, 0.4) is 0 Å². The van der Waals surface area contributed by atoms with Crippen LogP contribution in [0.1, 0.15) is 26.2 Å². The molecule has 1 heterocycles. The van der Waals surface area contributed by atoms with Crippen LogP contribution >= 0.6 is 0 Å². The fraction of sp³-hybridized carbons (Fsp3) is 1.00. The van der Waals surface area contributed by atoms with Crippen molar-refractivity contribution < 1.29 is 19.7 Å². The first-order valence-corrected chi connectivity index (χ1v) is 5.21. The van der Waals surface area contributed by atoms with E-state index < -0.39 is 17.3 Å². The monoisotopic (exact) mass is 202 g/mol. The molecule has 0 unspecified atom stereocenters. The number of rotatable bonds is 1. The second-order valence-electron chi connectivity index (χ2n) is 4.43. The van der Waals surface area contributed by atoms with Gasteiger partial charge in [0.05, 0.1) is 31.3 Å². The van der Waals surface area contributed by atoms with Gasteiger partial charge in [-0.1, -0.05) is 0 Å². The predicted octanol–water partition coefficient (Wildman–Crippen LogP) is 0.273. The molecule has 0 aromatic rings. The van der Waals surface area contributed by atoms with Crippen LogP contribution < -0.4 is 0 Å².